The topological polar surface area (TPSA) is 32.3 Å². The number of hydrogen-bond donors (Lipinski definition) is 1. The van der Waals surface area contributed by atoms with Crippen LogP contribution in [-0.4, -0.2) is 29.9 Å². The molecule has 0 spiro atoms. The van der Waals surface area contributed by atoms with Crippen molar-refractivity contribution in [3.05, 3.63) is 29.8 Å². The van der Waals surface area contributed by atoms with E-state index in [-0.39, 0.29) is 11.9 Å². The maximum atomic E-state index is 12.3. The van der Waals surface area contributed by atoms with Gasteiger partial charge in [-0.1, -0.05) is 25.1 Å². The van der Waals surface area contributed by atoms with E-state index in [1.165, 1.54) is 5.56 Å². The van der Waals surface area contributed by atoms with Gasteiger partial charge in [0.1, 0.15) is 6.04 Å². The number of fused-ring (bicyclic) bond motifs is 1. The molecular weight excluding hydrogens is 212 g/mol. The summed E-state index contributed by atoms with van der Waals surface area (Å²) < 4.78 is 0. The Morgan fingerprint density at radius 3 is 2.88 bits per heavy atom. The second kappa shape index (κ2) is 4.78. The molecule has 0 saturated carbocycles. The highest BCUT2D eigenvalue weighted by Gasteiger charge is 2.29. The number of para-hydroxylation sites is 1. The van der Waals surface area contributed by atoms with Crippen molar-refractivity contribution in [2.75, 3.05) is 12.4 Å². The van der Waals surface area contributed by atoms with Crippen LogP contribution in [0.25, 0.3) is 0 Å². The Balaban J connectivity index is 2.05. The Kier molecular flexibility index (Phi) is 3.36. The molecule has 0 saturated heterocycles. The van der Waals surface area contributed by atoms with Gasteiger partial charge in [-0.2, -0.15) is 0 Å². The van der Waals surface area contributed by atoms with Crippen LogP contribution in [0.15, 0.2) is 24.3 Å². The standard InChI is InChI=1S/C14H20N2O/c1-4-10(2)16(3)14(17)13-9-11-7-5-6-8-12(11)15-13/h5-8,10,13,15H,4,9H2,1-3H3/t10?,13-/m0/s1. The third-order valence-electron chi connectivity index (χ3n) is 3.67. The zero-order valence-corrected chi connectivity index (χ0v) is 10.7. The van der Waals surface area contributed by atoms with E-state index in [9.17, 15) is 4.79 Å². The first-order chi connectivity index (χ1) is 8.13. The van der Waals surface area contributed by atoms with Crippen LogP contribution in [-0.2, 0) is 11.2 Å². The minimum Gasteiger partial charge on any atom is -0.373 e. The number of hydrogen-bond acceptors (Lipinski definition) is 2. The van der Waals surface area contributed by atoms with Crippen LogP contribution in [0.3, 0.4) is 0 Å². The molecule has 0 aromatic heterocycles. The Morgan fingerprint density at radius 1 is 1.53 bits per heavy atom. The first kappa shape index (κ1) is 12.0. The molecule has 1 unspecified atom stereocenters. The predicted molar refractivity (Wildman–Crippen MR) is 70.1 cm³/mol. The number of benzene rings is 1. The summed E-state index contributed by atoms with van der Waals surface area (Å²) >= 11 is 0. The lowest BCUT2D eigenvalue weighted by Crippen LogP contribution is -2.43. The molecule has 0 aliphatic carbocycles. The quantitative estimate of drug-likeness (QED) is 0.867. The molecule has 2 atom stereocenters. The smallest absolute Gasteiger partial charge is 0.245 e. The molecule has 3 nitrogen and oxygen atoms in total. The second-order valence-electron chi connectivity index (χ2n) is 4.76. The average Bonchev–Trinajstić information content (AvgIpc) is 2.79. The van der Waals surface area contributed by atoms with Crippen molar-refractivity contribution in [3.8, 4) is 0 Å². The SMILES string of the molecule is CCC(C)N(C)C(=O)[C@@H]1Cc2ccccc2N1. The van der Waals surface area contributed by atoms with Crippen molar-refractivity contribution in [1.29, 1.82) is 0 Å². The largest absolute Gasteiger partial charge is 0.373 e. The maximum absolute atomic E-state index is 12.3. The molecule has 1 aliphatic rings. The summed E-state index contributed by atoms with van der Waals surface area (Å²) in [6.45, 7) is 4.19. The minimum absolute atomic E-state index is 0.0913. The molecule has 1 aliphatic heterocycles. The van der Waals surface area contributed by atoms with Crippen LogP contribution in [0.4, 0.5) is 5.69 Å². The average molecular weight is 232 g/mol. The lowest BCUT2D eigenvalue weighted by atomic mass is 10.1. The highest BCUT2D eigenvalue weighted by molar-refractivity contribution is 5.87. The molecule has 1 aromatic rings. The van der Waals surface area contributed by atoms with Gasteiger partial charge in [-0.05, 0) is 25.0 Å². The van der Waals surface area contributed by atoms with Gasteiger partial charge in [0.25, 0.3) is 0 Å². The molecule has 17 heavy (non-hydrogen) atoms. The van der Waals surface area contributed by atoms with E-state index in [0.717, 1.165) is 18.5 Å². The van der Waals surface area contributed by atoms with Crippen molar-refractivity contribution in [1.82, 2.24) is 4.90 Å². The number of anilines is 1. The minimum atomic E-state index is -0.0913. The van der Waals surface area contributed by atoms with Crippen LogP contribution < -0.4 is 5.32 Å². The van der Waals surface area contributed by atoms with Gasteiger partial charge in [-0.15, -0.1) is 0 Å². The normalized spacial score (nSPS) is 19.4. The van der Waals surface area contributed by atoms with Crippen LogP contribution in [0.2, 0.25) is 0 Å². The summed E-state index contributed by atoms with van der Waals surface area (Å²) in [6, 6.07) is 8.34. The fraction of sp³-hybridized carbons (Fsp3) is 0.500. The van der Waals surface area contributed by atoms with Crippen molar-refractivity contribution < 1.29 is 4.79 Å². The lowest BCUT2D eigenvalue weighted by Gasteiger charge is -2.26. The lowest BCUT2D eigenvalue weighted by molar-refractivity contribution is -0.132. The van der Waals surface area contributed by atoms with Crippen molar-refractivity contribution in [3.63, 3.8) is 0 Å². The molecule has 2 rings (SSSR count). The van der Waals surface area contributed by atoms with Crippen LogP contribution in [0.5, 0.6) is 0 Å². The van der Waals surface area contributed by atoms with Gasteiger partial charge >= 0.3 is 0 Å². The maximum Gasteiger partial charge on any atom is 0.245 e. The Hall–Kier alpha value is -1.51. The highest BCUT2D eigenvalue weighted by Crippen LogP contribution is 2.26. The molecule has 1 N–H and O–H groups in total. The molecule has 1 heterocycles. The highest BCUT2D eigenvalue weighted by atomic mass is 16.2. The van der Waals surface area contributed by atoms with Crippen LogP contribution in [0, 0.1) is 0 Å². The van der Waals surface area contributed by atoms with Crippen LogP contribution >= 0.6 is 0 Å². The number of nitrogens with zero attached hydrogens (tertiary/aromatic N) is 1. The first-order valence-corrected chi connectivity index (χ1v) is 6.24. The number of likely N-dealkylation sites (N-methyl/N-ethyl adjacent to an activating group) is 1. The number of nitrogens with one attached hydrogen (secondary N) is 1. The fourth-order valence-corrected chi connectivity index (χ4v) is 2.18. The number of rotatable bonds is 3. The van der Waals surface area contributed by atoms with E-state index in [2.05, 4.69) is 25.2 Å². The Morgan fingerprint density at radius 2 is 2.24 bits per heavy atom. The molecular formula is C14H20N2O. The summed E-state index contributed by atoms with van der Waals surface area (Å²) in [5.41, 5.74) is 2.34. The molecule has 0 fully saturated rings. The van der Waals surface area contributed by atoms with Gasteiger partial charge in [0, 0.05) is 25.2 Å². The predicted octanol–water partition coefficient (Wildman–Crippen LogP) is 2.28. The summed E-state index contributed by atoms with van der Waals surface area (Å²) in [7, 11) is 1.89. The van der Waals surface area contributed by atoms with E-state index in [1.807, 2.05) is 30.1 Å². The van der Waals surface area contributed by atoms with E-state index in [4.69, 9.17) is 0 Å². The van der Waals surface area contributed by atoms with E-state index < -0.39 is 0 Å². The summed E-state index contributed by atoms with van der Waals surface area (Å²) in [6.07, 6.45) is 1.79. The molecule has 92 valence electrons. The summed E-state index contributed by atoms with van der Waals surface area (Å²) in [5, 5.41) is 3.30. The number of amides is 1. The number of carbonyl (C=O) groups is 1. The molecule has 3 heteroatoms. The van der Waals surface area contributed by atoms with Crippen molar-refractivity contribution >= 4 is 11.6 Å². The molecule has 1 aromatic carbocycles. The van der Waals surface area contributed by atoms with Gasteiger partial charge in [0.05, 0.1) is 0 Å². The zero-order chi connectivity index (χ0) is 12.4. The van der Waals surface area contributed by atoms with Gasteiger partial charge in [-0.25, -0.2) is 0 Å². The summed E-state index contributed by atoms with van der Waals surface area (Å²) in [5.74, 6) is 0.190. The van der Waals surface area contributed by atoms with Crippen molar-refractivity contribution in [2.45, 2.75) is 38.8 Å². The van der Waals surface area contributed by atoms with E-state index >= 15 is 0 Å². The number of carbonyl (C=O) groups excluding carboxylic acids is 1. The van der Waals surface area contributed by atoms with E-state index in [0.29, 0.717) is 6.04 Å². The van der Waals surface area contributed by atoms with Gasteiger partial charge in [0.15, 0.2) is 0 Å². The summed E-state index contributed by atoms with van der Waals surface area (Å²) in [4.78, 5) is 14.1. The Bertz CT molecular complexity index is 391. The first-order valence-electron chi connectivity index (χ1n) is 6.24. The second-order valence-corrected chi connectivity index (χ2v) is 4.76. The van der Waals surface area contributed by atoms with Gasteiger partial charge in [-0.3, -0.25) is 4.79 Å². The Labute approximate surface area is 103 Å². The molecule has 0 bridgehead atoms. The third-order valence-corrected chi connectivity index (χ3v) is 3.67. The fourth-order valence-electron chi connectivity index (χ4n) is 2.18. The molecule has 0 radical (unpaired) electrons. The van der Waals surface area contributed by atoms with E-state index in [1.54, 1.807) is 0 Å². The van der Waals surface area contributed by atoms with Gasteiger partial charge < -0.3 is 10.2 Å². The van der Waals surface area contributed by atoms with Gasteiger partial charge in [0.2, 0.25) is 5.91 Å². The third kappa shape index (κ3) is 2.28. The van der Waals surface area contributed by atoms with Crippen molar-refractivity contribution in [2.24, 2.45) is 0 Å². The monoisotopic (exact) mass is 232 g/mol. The zero-order valence-electron chi connectivity index (χ0n) is 10.7. The van der Waals surface area contributed by atoms with Crippen LogP contribution in [0.1, 0.15) is 25.8 Å². The molecule has 1 amide bonds.